The lowest BCUT2D eigenvalue weighted by Gasteiger charge is -2.16. The summed E-state index contributed by atoms with van der Waals surface area (Å²) in [5, 5.41) is 9.85. The molecule has 0 spiro atoms. The molecule has 28 heavy (non-hydrogen) atoms. The Morgan fingerprint density at radius 1 is 1.21 bits per heavy atom. The Kier molecular flexibility index (Phi) is 6.31. The minimum absolute atomic E-state index is 0.0135. The summed E-state index contributed by atoms with van der Waals surface area (Å²) in [4.78, 5) is 30.6. The number of fused-ring (bicyclic) bond motifs is 1. The third-order valence-corrected chi connectivity index (χ3v) is 5.77. The second-order valence-electron chi connectivity index (χ2n) is 6.89. The van der Waals surface area contributed by atoms with Crippen LogP contribution in [0.3, 0.4) is 0 Å². The molecule has 0 aliphatic heterocycles. The third kappa shape index (κ3) is 4.18. The molecule has 1 unspecified atom stereocenters. The minimum Gasteiger partial charge on any atom is -0.396 e. The molecule has 3 rings (SSSR count). The van der Waals surface area contributed by atoms with Gasteiger partial charge in [-0.15, -0.1) is 0 Å². The normalized spacial score (nSPS) is 12.3. The molecule has 0 aliphatic carbocycles. The highest BCUT2D eigenvalue weighted by molar-refractivity contribution is 8.00. The lowest BCUT2D eigenvalue weighted by atomic mass is 10.0. The number of ketones is 1. The highest BCUT2D eigenvalue weighted by Crippen LogP contribution is 2.26. The Morgan fingerprint density at radius 3 is 2.71 bits per heavy atom. The topological polar surface area (TPSA) is 72.2 Å². The molecule has 2 aromatic carbocycles. The van der Waals surface area contributed by atoms with Gasteiger partial charge in [-0.2, -0.15) is 0 Å². The van der Waals surface area contributed by atoms with E-state index in [0.29, 0.717) is 34.6 Å². The Labute approximate surface area is 168 Å². The van der Waals surface area contributed by atoms with Gasteiger partial charge in [-0.3, -0.25) is 14.2 Å². The molecule has 5 nitrogen and oxygen atoms in total. The molecule has 1 aromatic heterocycles. The zero-order valence-electron chi connectivity index (χ0n) is 16.3. The number of nitrogens with zero attached hydrogens (tertiary/aromatic N) is 2. The number of hydrogen-bond acceptors (Lipinski definition) is 5. The van der Waals surface area contributed by atoms with Crippen LogP contribution in [-0.2, 0) is 6.54 Å². The maximum Gasteiger partial charge on any atom is 0.262 e. The maximum atomic E-state index is 13.0. The summed E-state index contributed by atoms with van der Waals surface area (Å²) >= 11 is 1.29. The predicted molar refractivity (Wildman–Crippen MR) is 113 cm³/mol. The minimum atomic E-state index is -0.395. The number of carbonyl (C=O) groups excluding carboxylic acids is 1. The third-order valence-electron chi connectivity index (χ3n) is 4.68. The van der Waals surface area contributed by atoms with E-state index in [9.17, 15) is 14.7 Å². The second-order valence-corrected chi connectivity index (χ2v) is 8.20. The Bertz CT molecular complexity index is 1080. The molecular weight excluding hydrogens is 372 g/mol. The van der Waals surface area contributed by atoms with Crippen molar-refractivity contribution in [3.8, 4) is 0 Å². The molecule has 146 valence electrons. The molecule has 0 saturated heterocycles. The van der Waals surface area contributed by atoms with Gasteiger partial charge in [0.2, 0.25) is 0 Å². The van der Waals surface area contributed by atoms with E-state index in [0.717, 1.165) is 11.1 Å². The molecule has 0 saturated carbocycles. The van der Waals surface area contributed by atoms with E-state index in [1.165, 1.54) is 11.8 Å². The van der Waals surface area contributed by atoms with Gasteiger partial charge in [0.15, 0.2) is 10.9 Å². The van der Waals surface area contributed by atoms with Crippen molar-refractivity contribution in [2.24, 2.45) is 0 Å². The summed E-state index contributed by atoms with van der Waals surface area (Å²) in [5.41, 5.74) is 3.14. The molecule has 1 atom stereocenters. The fourth-order valence-corrected chi connectivity index (χ4v) is 4.10. The quantitative estimate of drug-likeness (QED) is 0.374. The van der Waals surface area contributed by atoms with Gasteiger partial charge in [0.05, 0.1) is 16.2 Å². The lowest BCUT2D eigenvalue weighted by Crippen LogP contribution is -2.25. The number of para-hydroxylation sites is 1. The van der Waals surface area contributed by atoms with E-state index >= 15 is 0 Å². The highest BCUT2D eigenvalue weighted by atomic mass is 32.2. The number of thioether (sulfide) groups is 1. The van der Waals surface area contributed by atoms with E-state index in [1.807, 2.05) is 45.0 Å². The SMILES string of the molecule is Cc1ccc(C)c(C(=O)C(C)Sc2nc3ccccc3c(=O)n2CCCO)c1. The van der Waals surface area contributed by atoms with Gasteiger partial charge in [-0.25, -0.2) is 4.98 Å². The van der Waals surface area contributed by atoms with Crippen LogP contribution in [0.5, 0.6) is 0 Å². The summed E-state index contributed by atoms with van der Waals surface area (Å²) < 4.78 is 1.57. The van der Waals surface area contributed by atoms with Crippen LogP contribution >= 0.6 is 11.8 Å². The molecule has 1 N–H and O–H groups in total. The maximum absolute atomic E-state index is 13.0. The first-order chi connectivity index (χ1) is 13.4. The summed E-state index contributed by atoms with van der Waals surface area (Å²) in [6.07, 6.45) is 0.451. The van der Waals surface area contributed by atoms with Gasteiger partial charge in [0.1, 0.15) is 0 Å². The Hall–Kier alpha value is -2.44. The number of aryl methyl sites for hydroxylation is 2. The zero-order valence-corrected chi connectivity index (χ0v) is 17.1. The van der Waals surface area contributed by atoms with Crippen LogP contribution in [0.4, 0.5) is 0 Å². The first-order valence-corrected chi connectivity index (χ1v) is 10.2. The van der Waals surface area contributed by atoms with Crippen molar-refractivity contribution in [1.82, 2.24) is 9.55 Å². The summed E-state index contributed by atoms with van der Waals surface area (Å²) in [7, 11) is 0. The monoisotopic (exact) mass is 396 g/mol. The fourth-order valence-electron chi connectivity index (χ4n) is 3.10. The van der Waals surface area contributed by atoms with E-state index < -0.39 is 5.25 Å². The van der Waals surface area contributed by atoms with Crippen molar-refractivity contribution in [2.75, 3.05) is 6.61 Å². The first-order valence-electron chi connectivity index (χ1n) is 9.31. The predicted octanol–water partition coefficient (Wildman–Crippen LogP) is 3.76. The number of aliphatic hydroxyl groups excluding tert-OH is 1. The molecule has 1 heterocycles. The number of aliphatic hydroxyl groups is 1. The molecule has 0 radical (unpaired) electrons. The van der Waals surface area contributed by atoms with E-state index in [4.69, 9.17) is 0 Å². The van der Waals surface area contributed by atoms with Crippen molar-refractivity contribution in [2.45, 2.75) is 44.1 Å². The van der Waals surface area contributed by atoms with E-state index in [2.05, 4.69) is 4.98 Å². The molecule has 0 bridgehead atoms. The van der Waals surface area contributed by atoms with Gasteiger partial charge >= 0.3 is 0 Å². The summed E-state index contributed by atoms with van der Waals surface area (Å²) in [5.74, 6) is 0.0160. The number of rotatable bonds is 7. The van der Waals surface area contributed by atoms with Gasteiger partial charge in [-0.05, 0) is 51.0 Å². The van der Waals surface area contributed by atoms with Crippen LogP contribution in [0.2, 0.25) is 0 Å². The van der Waals surface area contributed by atoms with Crippen molar-refractivity contribution in [3.05, 3.63) is 69.5 Å². The van der Waals surface area contributed by atoms with E-state index in [1.54, 1.807) is 22.8 Å². The summed E-state index contributed by atoms with van der Waals surface area (Å²) in [6.45, 7) is 6.08. The molecule has 0 fully saturated rings. The number of benzene rings is 2. The van der Waals surface area contributed by atoms with Crippen molar-refractivity contribution < 1.29 is 9.90 Å². The van der Waals surface area contributed by atoms with Crippen LogP contribution in [0, 0.1) is 13.8 Å². The molecule has 6 heteroatoms. The smallest absolute Gasteiger partial charge is 0.262 e. The highest BCUT2D eigenvalue weighted by Gasteiger charge is 2.21. The summed E-state index contributed by atoms with van der Waals surface area (Å²) in [6, 6.07) is 13.0. The van der Waals surface area contributed by atoms with Crippen LogP contribution in [-0.4, -0.2) is 32.3 Å². The fraction of sp³-hybridized carbons (Fsp3) is 0.318. The number of carbonyl (C=O) groups is 1. The van der Waals surface area contributed by atoms with Gasteiger partial charge in [-0.1, -0.05) is 41.6 Å². The van der Waals surface area contributed by atoms with E-state index in [-0.39, 0.29) is 17.9 Å². The Balaban J connectivity index is 1.99. The van der Waals surface area contributed by atoms with Crippen molar-refractivity contribution in [3.63, 3.8) is 0 Å². The zero-order chi connectivity index (χ0) is 20.3. The average molecular weight is 397 g/mol. The van der Waals surface area contributed by atoms with Gasteiger partial charge in [0.25, 0.3) is 5.56 Å². The number of Topliss-reactive ketones (excluding diaryl/α,β-unsaturated/α-hetero) is 1. The number of hydrogen-bond donors (Lipinski definition) is 1. The molecule has 0 aliphatic rings. The standard InChI is InChI=1S/C22H24N2O3S/c1-14-9-10-15(2)18(13-14)20(26)16(3)28-22-23-19-8-5-4-7-17(19)21(27)24(22)11-6-12-25/h4-5,7-10,13,16,25H,6,11-12H2,1-3H3. The largest absolute Gasteiger partial charge is 0.396 e. The average Bonchev–Trinajstić information content (AvgIpc) is 2.69. The number of aromatic nitrogens is 2. The molecular formula is C22H24N2O3S. The van der Waals surface area contributed by atoms with Crippen LogP contribution < -0.4 is 5.56 Å². The van der Waals surface area contributed by atoms with Crippen LogP contribution in [0.15, 0.2) is 52.4 Å². The van der Waals surface area contributed by atoms with Crippen molar-refractivity contribution in [1.29, 1.82) is 0 Å². The molecule has 3 aromatic rings. The molecule has 0 amide bonds. The first kappa shape index (κ1) is 20.3. The Morgan fingerprint density at radius 2 is 1.96 bits per heavy atom. The van der Waals surface area contributed by atoms with Crippen LogP contribution in [0.25, 0.3) is 10.9 Å². The van der Waals surface area contributed by atoms with Gasteiger partial charge in [0, 0.05) is 18.7 Å². The van der Waals surface area contributed by atoms with Crippen LogP contribution in [0.1, 0.15) is 34.8 Å². The van der Waals surface area contributed by atoms with Crippen molar-refractivity contribution >= 4 is 28.4 Å². The second kappa shape index (κ2) is 8.71. The van der Waals surface area contributed by atoms with Gasteiger partial charge < -0.3 is 5.11 Å². The lowest BCUT2D eigenvalue weighted by molar-refractivity contribution is 0.0993.